The molecule has 5 heteroatoms. The molecule has 118 valence electrons. The number of nitrogens with zero attached hydrogens (tertiary/aromatic N) is 1. The van der Waals surface area contributed by atoms with E-state index in [-0.39, 0.29) is 18.1 Å². The number of benzene rings is 2. The van der Waals surface area contributed by atoms with Gasteiger partial charge in [-0.3, -0.25) is 4.79 Å². The van der Waals surface area contributed by atoms with Crippen molar-refractivity contribution >= 4 is 17.7 Å². The third-order valence-electron chi connectivity index (χ3n) is 4.09. The summed E-state index contributed by atoms with van der Waals surface area (Å²) in [6.07, 6.45) is 0.389. The van der Waals surface area contributed by atoms with Gasteiger partial charge in [-0.05, 0) is 23.3 Å². The van der Waals surface area contributed by atoms with Crippen LogP contribution in [0.15, 0.2) is 48.5 Å². The highest BCUT2D eigenvalue weighted by Crippen LogP contribution is 2.38. The predicted molar refractivity (Wildman–Crippen MR) is 89.6 cm³/mol. The van der Waals surface area contributed by atoms with Crippen LogP contribution in [0.1, 0.15) is 16.5 Å². The van der Waals surface area contributed by atoms with Gasteiger partial charge in [-0.2, -0.15) is 0 Å². The lowest BCUT2D eigenvalue weighted by atomic mass is 10.1. The van der Waals surface area contributed by atoms with Crippen LogP contribution in [0.3, 0.4) is 0 Å². The van der Waals surface area contributed by atoms with Crippen molar-refractivity contribution in [3.8, 4) is 11.5 Å². The molecule has 1 unspecified atom stereocenters. The lowest BCUT2D eigenvalue weighted by Gasteiger charge is -2.24. The van der Waals surface area contributed by atoms with Crippen LogP contribution in [0.2, 0.25) is 0 Å². The Bertz CT molecular complexity index is 719. The summed E-state index contributed by atoms with van der Waals surface area (Å²) < 4.78 is 10.7. The van der Waals surface area contributed by atoms with E-state index in [0.717, 1.165) is 29.4 Å². The molecule has 0 N–H and O–H groups in total. The number of hydrogen-bond acceptors (Lipinski definition) is 4. The van der Waals surface area contributed by atoms with E-state index in [1.165, 1.54) is 5.56 Å². The molecule has 2 heterocycles. The number of rotatable bonds is 3. The molecule has 23 heavy (non-hydrogen) atoms. The first-order valence-corrected chi connectivity index (χ1v) is 8.71. The van der Waals surface area contributed by atoms with E-state index in [4.69, 9.17) is 9.47 Å². The zero-order chi connectivity index (χ0) is 15.6. The number of carbonyl (C=O) groups excluding carboxylic acids is 1. The van der Waals surface area contributed by atoms with Gasteiger partial charge >= 0.3 is 0 Å². The van der Waals surface area contributed by atoms with Crippen molar-refractivity contribution in [1.82, 2.24) is 4.90 Å². The second-order valence-electron chi connectivity index (χ2n) is 5.59. The Hall–Kier alpha value is -2.14. The number of amides is 1. The molecule has 0 aliphatic carbocycles. The summed E-state index contributed by atoms with van der Waals surface area (Å²) in [6, 6.07) is 15.9. The topological polar surface area (TPSA) is 38.8 Å². The zero-order valence-corrected chi connectivity index (χ0v) is 13.4. The highest BCUT2D eigenvalue weighted by atomic mass is 32.2. The van der Waals surface area contributed by atoms with Gasteiger partial charge in [0.15, 0.2) is 11.5 Å². The Morgan fingerprint density at radius 2 is 1.96 bits per heavy atom. The van der Waals surface area contributed by atoms with E-state index < -0.39 is 0 Å². The molecule has 2 aromatic carbocycles. The summed E-state index contributed by atoms with van der Waals surface area (Å²) in [4.78, 5) is 14.7. The molecule has 0 radical (unpaired) electrons. The molecule has 2 aliphatic heterocycles. The van der Waals surface area contributed by atoms with Gasteiger partial charge in [0.2, 0.25) is 12.7 Å². The van der Waals surface area contributed by atoms with Crippen molar-refractivity contribution in [1.29, 1.82) is 0 Å². The van der Waals surface area contributed by atoms with Crippen LogP contribution in [0.5, 0.6) is 11.5 Å². The maximum absolute atomic E-state index is 12.7. The van der Waals surface area contributed by atoms with Crippen molar-refractivity contribution in [2.24, 2.45) is 0 Å². The fourth-order valence-electron chi connectivity index (χ4n) is 2.95. The lowest BCUT2D eigenvalue weighted by Crippen LogP contribution is -2.31. The van der Waals surface area contributed by atoms with Gasteiger partial charge in [-0.1, -0.05) is 36.4 Å². The van der Waals surface area contributed by atoms with Crippen LogP contribution in [-0.2, 0) is 11.2 Å². The zero-order valence-electron chi connectivity index (χ0n) is 12.6. The van der Waals surface area contributed by atoms with Crippen molar-refractivity contribution in [3.05, 3.63) is 59.7 Å². The largest absolute Gasteiger partial charge is 0.454 e. The summed E-state index contributed by atoms with van der Waals surface area (Å²) in [5.74, 6) is 2.61. The van der Waals surface area contributed by atoms with E-state index in [0.29, 0.717) is 6.42 Å². The smallest absolute Gasteiger partial charge is 0.231 e. The SMILES string of the molecule is O=C(Cc1ccc2c(c1)OCO2)N1CCSC1c1ccccc1. The van der Waals surface area contributed by atoms with Crippen molar-refractivity contribution < 1.29 is 14.3 Å². The van der Waals surface area contributed by atoms with E-state index in [1.54, 1.807) is 0 Å². The summed E-state index contributed by atoms with van der Waals surface area (Å²) in [5.41, 5.74) is 2.15. The molecule has 4 nitrogen and oxygen atoms in total. The fraction of sp³-hybridized carbons (Fsp3) is 0.278. The molecule has 0 aromatic heterocycles. The lowest BCUT2D eigenvalue weighted by molar-refractivity contribution is -0.130. The van der Waals surface area contributed by atoms with Crippen LogP contribution in [-0.4, -0.2) is 29.9 Å². The van der Waals surface area contributed by atoms with Crippen molar-refractivity contribution in [3.63, 3.8) is 0 Å². The number of fused-ring (bicyclic) bond motifs is 1. The van der Waals surface area contributed by atoms with Crippen LogP contribution in [0, 0.1) is 0 Å². The highest BCUT2D eigenvalue weighted by Gasteiger charge is 2.30. The average molecular weight is 327 g/mol. The van der Waals surface area contributed by atoms with Crippen LogP contribution >= 0.6 is 11.8 Å². The molecule has 4 rings (SSSR count). The summed E-state index contributed by atoms with van der Waals surface area (Å²) in [7, 11) is 0. The van der Waals surface area contributed by atoms with Crippen LogP contribution in [0.25, 0.3) is 0 Å². The molecule has 1 fully saturated rings. The molecular weight excluding hydrogens is 310 g/mol. The first-order chi connectivity index (χ1) is 11.3. The third kappa shape index (κ3) is 2.88. The summed E-state index contributed by atoms with van der Waals surface area (Å²) in [5, 5.41) is 0.123. The quantitative estimate of drug-likeness (QED) is 0.867. The molecule has 0 saturated carbocycles. The van der Waals surface area contributed by atoms with Gasteiger partial charge in [0.25, 0.3) is 0 Å². The third-order valence-corrected chi connectivity index (χ3v) is 5.35. The van der Waals surface area contributed by atoms with Gasteiger partial charge in [-0.15, -0.1) is 11.8 Å². The number of carbonyl (C=O) groups is 1. The average Bonchev–Trinajstić information content (AvgIpc) is 3.24. The monoisotopic (exact) mass is 327 g/mol. The first-order valence-electron chi connectivity index (χ1n) is 7.66. The van der Waals surface area contributed by atoms with E-state index >= 15 is 0 Å². The molecule has 0 bridgehead atoms. The Labute approximate surface area is 139 Å². The summed E-state index contributed by atoms with van der Waals surface area (Å²) >= 11 is 1.82. The van der Waals surface area contributed by atoms with Crippen LogP contribution < -0.4 is 9.47 Å². The van der Waals surface area contributed by atoms with E-state index in [2.05, 4.69) is 12.1 Å². The Morgan fingerprint density at radius 1 is 1.13 bits per heavy atom. The fourth-order valence-corrected chi connectivity index (χ4v) is 4.22. The van der Waals surface area contributed by atoms with Gasteiger partial charge in [0.1, 0.15) is 5.37 Å². The van der Waals surface area contributed by atoms with Gasteiger partial charge in [-0.25, -0.2) is 0 Å². The Morgan fingerprint density at radius 3 is 2.83 bits per heavy atom. The standard InChI is InChI=1S/C18H17NO3S/c20-17(11-13-6-7-15-16(10-13)22-12-21-15)19-8-9-23-18(19)14-4-2-1-3-5-14/h1-7,10,18H,8-9,11-12H2. The minimum atomic E-state index is 0.123. The molecule has 2 aliphatic rings. The van der Waals surface area contributed by atoms with E-state index in [1.807, 2.05) is 53.1 Å². The molecular formula is C18H17NO3S. The van der Waals surface area contributed by atoms with E-state index in [9.17, 15) is 4.79 Å². The normalized spacial score (nSPS) is 19.1. The highest BCUT2D eigenvalue weighted by molar-refractivity contribution is 7.99. The van der Waals surface area contributed by atoms with Crippen molar-refractivity contribution in [2.45, 2.75) is 11.8 Å². The molecule has 0 spiro atoms. The predicted octanol–water partition coefficient (Wildman–Crippen LogP) is 3.23. The first kappa shape index (κ1) is 14.5. The number of thioether (sulfide) groups is 1. The minimum Gasteiger partial charge on any atom is -0.454 e. The second-order valence-corrected chi connectivity index (χ2v) is 6.77. The van der Waals surface area contributed by atoms with Crippen LogP contribution in [0.4, 0.5) is 0 Å². The molecule has 1 atom stereocenters. The number of ether oxygens (including phenoxy) is 2. The van der Waals surface area contributed by atoms with Crippen molar-refractivity contribution in [2.75, 3.05) is 19.1 Å². The molecule has 1 saturated heterocycles. The summed E-state index contributed by atoms with van der Waals surface area (Å²) in [6.45, 7) is 1.05. The molecule has 2 aromatic rings. The van der Waals surface area contributed by atoms with Gasteiger partial charge < -0.3 is 14.4 Å². The Balaban J connectivity index is 1.50. The maximum atomic E-state index is 12.7. The second kappa shape index (κ2) is 6.16. The number of hydrogen-bond donors (Lipinski definition) is 0. The van der Waals surface area contributed by atoms with Gasteiger partial charge in [0, 0.05) is 12.3 Å². The Kier molecular flexibility index (Phi) is 3.87. The maximum Gasteiger partial charge on any atom is 0.231 e. The minimum absolute atomic E-state index is 0.123. The van der Waals surface area contributed by atoms with Gasteiger partial charge in [0.05, 0.1) is 6.42 Å². The molecule has 1 amide bonds.